The predicted octanol–water partition coefficient (Wildman–Crippen LogP) is 8.23. The third-order valence-electron chi connectivity index (χ3n) is 13.5. The summed E-state index contributed by atoms with van der Waals surface area (Å²) in [6.07, 6.45) is 25.3. The summed E-state index contributed by atoms with van der Waals surface area (Å²) in [7, 11) is 0. The Morgan fingerprint density at radius 3 is 1.58 bits per heavy atom. The lowest BCUT2D eigenvalue weighted by Crippen LogP contribution is -2.50. The van der Waals surface area contributed by atoms with Crippen LogP contribution in [0.3, 0.4) is 0 Å². The van der Waals surface area contributed by atoms with E-state index in [1.165, 1.54) is 0 Å². The zero-order chi connectivity index (χ0) is 48.4. The molecule has 0 aromatic carbocycles. The number of epoxide rings is 2. The van der Waals surface area contributed by atoms with Crippen molar-refractivity contribution in [3.05, 3.63) is 71.9 Å². The number of nitrogens with one attached hydrogen (secondary N) is 2. The van der Waals surface area contributed by atoms with Gasteiger partial charge in [0, 0.05) is 25.7 Å². The third kappa shape index (κ3) is 17.6. The summed E-state index contributed by atoms with van der Waals surface area (Å²) in [6.45, 7) is 23.8. The maximum Gasteiger partial charge on any atom is 0.305 e. The van der Waals surface area contributed by atoms with Crippen molar-refractivity contribution < 1.29 is 53.0 Å². The van der Waals surface area contributed by atoms with Crippen LogP contribution in [0.4, 0.5) is 0 Å². The molecule has 6 heterocycles. The molecule has 4 N–H and O–H groups in total. The third-order valence-corrected chi connectivity index (χ3v) is 13.5. The minimum Gasteiger partial charge on any atom is -0.481 e. The fraction of sp³-hybridized carbons (Fsp3) is 0.717. The molecule has 2 amide bonds. The Hall–Kier alpha value is -3.43. The Morgan fingerprint density at radius 1 is 0.682 bits per heavy atom. The van der Waals surface area contributed by atoms with Gasteiger partial charge in [-0.15, -0.1) is 0 Å². The number of carbonyl (C=O) groups is 3. The Labute approximate surface area is 394 Å². The number of aliphatic hydroxyl groups is 1. The van der Waals surface area contributed by atoms with Crippen LogP contribution in [0.2, 0.25) is 0 Å². The lowest BCUT2D eigenvalue weighted by atomic mass is 9.88. The van der Waals surface area contributed by atoms with Gasteiger partial charge in [0.15, 0.2) is 5.79 Å². The van der Waals surface area contributed by atoms with Gasteiger partial charge in [0.05, 0.1) is 85.6 Å². The van der Waals surface area contributed by atoms with Crippen LogP contribution < -0.4 is 10.6 Å². The smallest absolute Gasteiger partial charge is 0.305 e. The van der Waals surface area contributed by atoms with Gasteiger partial charge in [-0.1, -0.05) is 101 Å². The minimum absolute atomic E-state index is 0.00875. The van der Waals surface area contributed by atoms with Crippen LogP contribution in [0, 0.1) is 23.7 Å². The maximum atomic E-state index is 12.2. The number of aliphatic carboxylic acids is 1. The molecule has 14 atom stereocenters. The van der Waals surface area contributed by atoms with Crippen LogP contribution >= 0.6 is 0 Å². The zero-order valence-corrected chi connectivity index (χ0v) is 41.6. The minimum atomic E-state index is -1.14. The highest BCUT2D eigenvalue weighted by Crippen LogP contribution is 2.46. The number of ether oxygens (including phenoxy) is 6. The van der Waals surface area contributed by atoms with Crippen LogP contribution in [0.25, 0.3) is 0 Å². The fourth-order valence-electron chi connectivity index (χ4n) is 9.56. The van der Waals surface area contributed by atoms with Crippen molar-refractivity contribution in [1.29, 1.82) is 0 Å². The summed E-state index contributed by atoms with van der Waals surface area (Å²) in [4.78, 5) is 35.4. The van der Waals surface area contributed by atoms with Crippen molar-refractivity contribution in [2.75, 3.05) is 13.2 Å². The van der Waals surface area contributed by atoms with Gasteiger partial charge in [-0.25, -0.2) is 0 Å². The molecule has 13 heteroatoms. The normalized spacial score (nSPS) is 38.4. The fourth-order valence-corrected chi connectivity index (χ4v) is 9.56. The number of hydrogen-bond acceptors (Lipinski definition) is 10. The lowest BCUT2D eigenvalue weighted by Gasteiger charge is -2.39. The zero-order valence-electron chi connectivity index (χ0n) is 41.6. The molecular formula is C53H82N2O11. The summed E-state index contributed by atoms with van der Waals surface area (Å²) in [6, 6.07) is 0.0448. The Bertz CT molecular complexity index is 1820. The Kier molecular flexibility index (Phi) is 19.2. The van der Waals surface area contributed by atoms with Crippen LogP contribution in [-0.4, -0.2) is 113 Å². The van der Waals surface area contributed by atoms with E-state index < -0.39 is 11.8 Å². The molecule has 6 rings (SSSR count). The molecule has 6 fully saturated rings. The molecular weight excluding hydrogens is 841 g/mol. The molecule has 370 valence electrons. The van der Waals surface area contributed by atoms with E-state index in [4.69, 9.17) is 33.5 Å². The number of rotatable bonds is 16. The van der Waals surface area contributed by atoms with Crippen LogP contribution in [-0.2, 0) is 42.8 Å². The Morgan fingerprint density at radius 2 is 1.14 bits per heavy atom. The quantitative estimate of drug-likeness (QED) is 0.0666. The molecule has 0 aromatic heterocycles. The first-order valence-electron chi connectivity index (χ1n) is 24.6. The first-order chi connectivity index (χ1) is 31.0. The molecule has 2 spiro atoms. The van der Waals surface area contributed by atoms with Gasteiger partial charge in [0.1, 0.15) is 0 Å². The standard InChI is InChI=1S/C27H41NO6.C26H41NO5/c1-17(2)6-11-25(29)28-23-12-19(4)24(33-20(23)5)10-8-18(3)7-9-21-14-27(16-32-27)15-22(34-21)13-26(30)31;1-17(2)7-12-24(28)27-22-13-19(4)23(31-20(22)5)11-9-18(3)8-10-21-14-26(16-30-26)15-25(6,29)32-21/h6-9,11,17,19-24H,10,12-16H2,1-5H3,(H,28,29)(H,30,31);7-10,12,17,19-23,29H,11,13-16H2,1-6H3,(H,27,28)/b9-7+,11-6-,18-8+;10-8+,12-7-,18-9+/t19-,20+,21+,22+,23+,24-,27+;19-,20+,21+,22+,23-,25-,26+/m00/s1. The maximum absolute atomic E-state index is 12.2. The molecule has 0 unspecified atom stereocenters. The van der Waals surface area contributed by atoms with Gasteiger partial charge in [0.25, 0.3) is 0 Å². The van der Waals surface area contributed by atoms with E-state index in [9.17, 15) is 19.5 Å². The average Bonchev–Trinajstić information content (AvgIpc) is 4.16. The number of hydrogen-bond donors (Lipinski definition) is 4. The number of amides is 2. The molecule has 0 saturated carbocycles. The van der Waals surface area contributed by atoms with Crippen LogP contribution in [0.5, 0.6) is 0 Å². The lowest BCUT2D eigenvalue weighted by molar-refractivity contribution is -0.244. The van der Waals surface area contributed by atoms with Gasteiger partial charge < -0.3 is 49.3 Å². The largest absolute Gasteiger partial charge is 0.481 e. The van der Waals surface area contributed by atoms with E-state index in [1.807, 2.05) is 58.1 Å². The SMILES string of the molecule is CC(/C=C/[C@@H]1C[C@]2(CO2)C[C@@H](CC(=O)O)O1)=C\C[C@@H]1O[C@H](C)[C@H](NC(=O)/C=C\C(C)C)C[C@@H]1C.CC(/C=C/[C@@H]1C[C@]2(CO2)C[C@@](C)(O)O1)=C\C[C@@H]1O[C@H](C)[C@H](NC(=O)/C=C\C(C)C)C[C@@H]1C. The summed E-state index contributed by atoms with van der Waals surface area (Å²) in [5.41, 5.74) is 1.87. The summed E-state index contributed by atoms with van der Waals surface area (Å²) >= 11 is 0. The highest BCUT2D eigenvalue weighted by atomic mass is 16.7. The first kappa shape index (κ1) is 53.5. The number of carbonyl (C=O) groups excluding carboxylic acids is 2. The van der Waals surface area contributed by atoms with Crippen molar-refractivity contribution in [3.63, 3.8) is 0 Å². The molecule has 6 saturated heterocycles. The summed E-state index contributed by atoms with van der Waals surface area (Å²) in [5, 5.41) is 25.6. The second-order valence-corrected chi connectivity index (χ2v) is 21.2. The van der Waals surface area contributed by atoms with Crippen molar-refractivity contribution in [1.82, 2.24) is 10.6 Å². The van der Waals surface area contributed by atoms with Gasteiger partial charge in [0.2, 0.25) is 11.8 Å². The highest BCUT2D eigenvalue weighted by molar-refractivity contribution is 5.88. The molecule has 66 heavy (non-hydrogen) atoms. The highest BCUT2D eigenvalue weighted by Gasteiger charge is 2.55. The molecule has 0 radical (unpaired) electrons. The van der Waals surface area contributed by atoms with Gasteiger partial charge >= 0.3 is 5.97 Å². The van der Waals surface area contributed by atoms with Crippen molar-refractivity contribution in [2.24, 2.45) is 23.7 Å². The van der Waals surface area contributed by atoms with Crippen molar-refractivity contribution in [3.8, 4) is 0 Å². The number of carboxylic acids is 1. The second kappa shape index (κ2) is 23.7. The summed E-state index contributed by atoms with van der Waals surface area (Å²) in [5.74, 6) is -0.712. The molecule has 0 bridgehead atoms. The van der Waals surface area contributed by atoms with E-state index in [0.717, 1.165) is 49.7 Å². The van der Waals surface area contributed by atoms with E-state index in [1.54, 1.807) is 19.1 Å². The van der Waals surface area contributed by atoms with Gasteiger partial charge in [-0.2, -0.15) is 0 Å². The van der Waals surface area contributed by atoms with Crippen molar-refractivity contribution in [2.45, 2.75) is 206 Å². The number of carboxylic acid groups (broad SMARTS) is 1. The van der Waals surface area contributed by atoms with Gasteiger partial charge in [-0.05, 0) is 96.1 Å². The molecule has 6 aliphatic rings. The van der Waals surface area contributed by atoms with E-state index in [0.29, 0.717) is 49.7 Å². The van der Waals surface area contributed by atoms with E-state index >= 15 is 0 Å². The van der Waals surface area contributed by atoms with Crippen LogP contribution in [0.1, 0.15) is 134 Å². The molecule has 0 aromatic rings. The first-order valence-corrected chi connectivity index (χ1v) is 24.6. The topological polar surface area (TPSA) is 178 Å². The van der Waals surface area contributed by atoms with E-state index in [-0.39, 0.29) is 84.2 Å². The predicted molar refractivity (Wildman–Crippen MR) is 255 cm³/mol. The Balaban J connectivity index is 0.000000248. The van der Waals surface area contributed by atoms with E-state index in [2.05, 4.69) is 70.4 Å². The molecule has 13 nitrogen and oxygen atoms in total. The van der Waals surface area contributed by atoms with Crippen molar-refractivity contribution >= 4 is 17.8 Å². The average molecular weight is 923 g/mol. The molecule has 0 aliphatic carbocycles. The van der Waals surface area contributed by atoms with Crippen LogP contribution in [0.15, 0.2) is 71.9 Å². The second-order valence-electron chi connectivity index (χ2n) is 21.2. The number of allylic oxidation sites excluding steroid dienone is 6. The van der Waals surface area contributed by atoms with Gasteiger partial charge in [-0.3, -0.25) is 14.4 Å². The monoisotopic (exact) mass is 923 g/mol. The molecule has 6 aliphatic heterocycles. The summed E-state index contributed by atoms with van der Waals surface area (Å²) < 4.78 is 35.5.